The van der Waals surface area contributed by atoms with Gasteiger partial charge in [0.15, 0.2) is 0 Å². The molecule has 5 nitrogen and oxygen atoms in total. The van der Waals surface area contributed by atoms with E-state index in [1.807, 2.05) is 12.1 Å². The first-order valence-corrected chi connectivity index (χ1v) is 10.7. The zero-order chi connectivity index (χ0) is 17.1. The van der Waals surface area contributed by atoms with E-state index >= 15 is 0 Å². The second kappa shape index (κ2) is 8.09. The monoisotopic (exact) mass is 439 g/mol. The molecule has 1 aliphatic rings. The van der Waals surface area contributed by atoms with Gasteiger partial charge in [-0.1, -0.05) is 6.07 Å². The number of rotatable bonds is 7. The van der Waals surface area contributed by atoms with Crippen molar-refractivity contribution in [3.8, 4) is 10.8 Å². The third-order valence-corrected chi connectivity index (χ3v) is 6.53. The molecule has 4 heterocycles. The van der Waals surface area contributed by atoms with Crippen molar-refractivity contribution in [3.05, 3.63) is 44.2 Å². The second-order valence-corrected chi connectivity index (χ2v) is 9.48. The highest BCUT2D eigenvalue weighted by molar-refractivity contribution is 9.11. The third kappa shape index (κ3) is 4.57. The molecule has 1 unspecified atom stereocenters. The van der Waals surface area contributed by atoms with Crippen molar-refractivity contribution in [2.24, 2.45) is 0 Å². The number of thiophene rings is 2. The maximum atomic E-state index is 5.89. The largest absolute Gasteiger partial charge is 0.419 e. The number of nitrogens with zero attached hydrogens (tertiary/aromatic N) is 3. The number of hydrogen-bond donors (Lipinski definition) is 0. The standard InChI is InChI=1S/C17H18BrN3O2S2/c18-15-6-5-14(25-15)17-20-19-16(23-17)11-21(9-12-3-1-7-22-12)10-13-4-2-8-24-13/h2,4-6,8,12H,1,3,7,9-11H2. The Balaban J connectivity index is 1.46. The first-order valence-electron chi connectivity index (χ1n) is 8.21. The van der Waals surface area contributed by atoms with Crippen LogP contribution in [0.5, 0.6) is 0 Å². The van der Waals surface area contributed by atoms with E-state index in [-0.39, 0.29) is 0 Å². The summed E-state index contributed by atoms with van der Waals surface area (Å²) in [6.07, 6.45) is 2.57. The fourth-order valence-electron chi connectivity index (χ4n) is 2.92. The lowest BCUT2D eigenvalue weighted by atomic mass is 10.2. The van der Waals surface area contributed by atoms with Gasteiger partial charge in [0.2, 0.25) is 5.89 Å². The van der Waals surface area contributed by atoms with Crippen LogP contribution in [0.1, 0.15) is 23.6 Å². The van der Waals surface area contributed by atoms with E-state index in [0.717, 1.165) is 41.2 Å². The van der Waals surface area contributed by atoms with Gasteiger partial charge in [0, 0.05) is 24.6 Å². The molecule has 3 aromatic rings. The van der Waals surface area contributed by atoms with Crippen LogP contribution >= 0.6 is 38.6 Å². The second-order valence-electron chi connectivity index (χ2n) is 5.99. The van der Waals surface area contributed by atoms with Crippen LogP contribution in [0.4, 0.5) is 0 Å². The van der Waals surface area contributed by atoms with Crippen molar-refractivity contribution in [3.63, 3.8) is 0 Å². The Morgan fingerprint density at radius 2 is 2.20 bits per heavy atom. The van der Waals surface area contributed by atoms with Crippen LogP contribution in [-0.2, 0) is 17.8 Å². The topological polar surface area (TPSA) is 51.4 Å². The predicted molar refractivity (Wildman–Crippen MR) is 103 cm³/mol. The van der Waals surface area contributed by atoms with Gasteiger partial charge < -0.3 is 9.15 Å². The van der Waals surface area contributed by atoms with Crippen molar-refractivity contribution in [1.82, 2.24) is 15.1 Å². The van der Waals surface area contributed by atoms with Crippen molar-refractivity contribution in [1.29, 1.82) is 0 Å². The average Bonchev–Trinajstić information content (AvgIpc) is 3.34. The van der Waals surface area contributed by atoms with Crippen molar-refractivity contribution in [2.45, 2.75) is 32.0 Å². The molecule has 1 fully saturated rings. The maximum Gasteiger partial charge on any atom is 0.257 e. The molecule has 0 N–H and O–H groups in total. The van der Waals surface area contributed by atoms with Crippen LogP contribution in [0.2, 0.25) is 0 Å². The van der Waals surface area contributed by atoms with E-state index in [1.165, 1.54) is 4.88 Å². The molecular weight excluding hydrogens is 422 g/mol. The van der Waals surface area contributed by atoms with Crippen molar-refractivity contribution in [2.75, 3.05) is 13.2 Å². The summed E-state index contributed by atoms with van der Waals surface area (Å²) in [5.41, 5.74) is 0. The molecule has 0 spiro atoms. The van der Waals surface area contributed by atoms with E-state index in [0.29, 0.717) is 24.4 Å². The summed E-state index contributed by atoms with van der Waals surface area (Å²) in [6, 6.07) is 8.23. The van der Waals surface area contributed by atoms with Gasteiger partial charge in [-0.25, -0.2) is 0 Å². The zero-order valence-corrected chi connectivity index (χ0v) is 16.8. The van der Waals surface area contributed by atoms with Crippen LogP contribution in [0.15, 0.2) is 37.8 Å². The molecule has 1 atom stereocenters. The molecule has 4 rings (SSSR count). The number of halogens is 1. The smallest absolute Gasteiger partial charge is 0.257 e. The number of ether oxygens (including phenoxy) is 1. The summed E-state index contributed by atoms with van der Waals surface area (Å²) in [4.78, 5) is 4.65. The molecule has 25 heavy (non-hydrogen) atoms. The first-order chi connectivity index (χ1) is 12.3. The van der Waals surface area contributed by atoms with E-state index in [2.05, 4.69) is 48.5 Å². The Labute approximate surface area is 162 Å². The lowest BCUT2D eigenvalue weighted by molar-refractivity contribution is 0.0653. The molecule has 1 saturated heterocycles. The molecule has 0 amide bonds. The normalized spacial score (nSPS) is 17.6. The third-order valence-electron chi connectivity index (χ3n) is 4.06. The molecule has 0 aromatic carbocycles. The molecule has 0 aliphatic carbocycles. The minimum absolute atomic E-state index is 0.301. The van der Waals surface area contributed by atoms with Gasteiger partial charge in [0.05, 0.1) is 21.3 Å². The van der Waals surface area contributed by atoms with Gasteiger partial charge in [0.1, 0.15) is 0 Å². The summed E-state index contributed by atoms with van der Waals surface area (Å²) >= 11 is 6.83. The van der Waals surface area contributed by atoms with E-state index < -0.39 is 0 Å². The van der Waals surface area contributed by atoms with Crippen LogP contribution in [0, 0.1) is 0 Å². The summed E-state index contributed by atoms with van der Waals surface area (Å²) in [6.45, 7) is 3.27. The van der Waals surface area contributed by atoms with E-state index in [4.69, 9.17) is 9.15 Å². The highest BCUT2D eigenvalue weighted by Gasteiger charge is 2.21. The Morgan fingerprint density at radius 1 is 1.24 bits per heavy atom. The van der Waals surface area contributed by atoms with E-state index in [1.54, 1.807) is 22.7 Å². The Morgan fingerprint density at radius 3 is 2.92 bits per heavy atom. The molecule has 0 bridgehead atoms. The maximum absolute atomic E-state index is 5.89. The lowest BCUT2D eigenvalue weighted by Crippen LogP contribution is -2.31. The fourth-order valence-corrected chi connectivity index (χ4v) is 4.98. The minimum atomic E-state index is 0.301. The summed E-state index contributed by atoms with van der Waals surface area (Å²) < 4.78 is 12.8. The van der Waals surface area contributed by atoms with Gasteiger partial charge in [-0.3, -0.25) is 4.90 Å². The van der Waals surface area contributed by atoms with Crippen LogP contribution in [-0.4, -0.2) is 34.4 Å². The molecular formula is C17H18BrN3O2S2. The van der Waals surface area contributed by atoms with Gasteiger partial charge in [0.25, 0.3) is 5.89 Å². The molecule has 1 aliphatic heterocycles. The molecule has 0 saturated carbocycles. The van der Waals surface area contributed by atoms with Crippen LogP contribution in [0.3, 0.4) is 0 Å². The molecule has 0 radical (unpaired) electrons. The van der Waals surface area contributed by atoms with Gasteiger partial charge in [-0.2, -0.15) is 0 Å². The predicted octanol–water partition coefficient (Wildman–Crippen LogP) is 4.80. The Hall–Kier alpha value is -1.06. The summed E-state index contributed by atoms with van der Waals surface area (Å²) in [7, 11) is 0. The lowest BCUT2D eigenvalue weighted by Gasteiger charge is -2.23. The summed E-state index contributed by atoms with van der Waals surface area (Å²) in [5.74, 6) is 1.23. The summed E-state index contributed by atoms with van der Waals surface area (Å²) in [5, 5.41) is 10.6. The Bertz CT molecular complexity index is 797. The zero-order valence-electron chi connectivity index (χ0n) is 13.6. The number of aromatic nitrogens is 2. The fraction of sp³-hybridized carbons (Fsp3) is 0.412. The van der Waals surface area contributed by atoms with Gasteiger partial charge >= 0.3 is 0 Å². The van der Waals surface area contributed by atoms with E-state index in [9.17, 15) is 0 Å². The van der Waals surface area contributed by atoms with Crippen molar-refractivity contribution >= 4 is 38.6 Å². The molecule has 132 valence electrons. The quantitative estimate of drug-likeness (QED) is 0.528. The molecule has 8 heteroatoms. The minimum Gasteiger partial charge on any atom is -0.419 e. The van der Waals surface area contributed by atoms with Crippen LogP contribution in [0.25, 0.3) is 10.8 Å². The SMILES string of the molecule is Brc1ccc(-c2nnc(CN(Cc3cccs3)CC3CCCO3)o2)s1. The van der Waals surface area contributed by atoms with Gasteiger partial charge in [-0.15, -0.1) is 32.9 Å². The molecule has 3 aromatic heterocycles. The van der Waals surface area contributed by atoms with Crippen molar-refractivity contribution < 1.29 is 9.15 Å². The van der Waals surface area contributed by atoms with Gasteiger partial charge in [-0.05, 0) is 52.4 Å². The highest BCUT2D eigenvalue weighted by Crippen LogP contribution is 2.30. The van der Waals surface area contributed by atoms with Crippen LogP contribution < -0.4 is 0 Å². The Kier molecular flexibility index (Phi) is 5.62. The number of hydrogen-bond acceptors (Lipinski definition) is 7. The highest BCUT2D eigenvalue weighted by atomic mass is 79.9. The first kappa shape index (κ1) is 17.4. The average molecular weight is 440 g/mol.